The molecule has 2 unspecified atom stereocenters. The standard InChI is InChI=1S/C8H22O2Si2/c1-8(9)6-7-11(2)10-12(3,4)5/h8-9,11H,6-7H2,1-5H3. The van der Waals surface area contributed by atoms with E-state index in [0.29, 0.717) is 0 Å². The van der Waals surface area contributed by atoms with Crippen LogP contribution < -0.4 is 0 Å². The zero-order valence-corrected chi connectivity index (χ0v) is 11.1. The maximum atomic E-state index is 9.08. The third-order valence-corrected chi connectivity index (χ3v) is 7.13. The van der Waals surface area contributed by atoms with Gasteiger partial charge in [0.05, 0.1) is 6.10 Å². The van der Waals surface area contributed by atoms with Gasteiger partial charge in [-0.1, -0.05) is 0 Å². The Morgan fingerprint density at radius 2 is 1.92 bits per heavy atom. The molecule has 2 atom stereocenters. The molecule has 12 heavy (non-hydrogen) atoms. The third-order valence-electron chi connectivity index (χ3n) is 1.55. The molecule has 0 aromatic carbocycles. The Hall–Kier alpha value is 0.354. The van der Waals surface area contributed by atoms with Gasteiger partial charge in [-0.05, 0) is 45.6 Å². The Balaban J connectivity index is 3.53. The van der Waals surface area contributed by atoms with Crippen LogP contribution in [0.3, 0.4) is 0 Å². The van der Waals surface area contributed by atoms with E-state index in [1.54, 1.807) is 0 Å². The molecule has 0 aromatic heterocycles. The van der Waals surface area contributed by atoms with Gasteiger partial charge in [0, 0.05) is 0 Å². The van der Waals surface area contributed by atoms with E-state index >= 15 is 0 Å². The molecule has 0 bridgehead atoms. The van der Waals surface area contributed by atoms with E-state index in [-0.39, 0.29) is 6.10 Å². The van der Waals surface area contributed by atoms with Crippen molar-refractivity contribution in [1.82, 2.24) is 0 Å². The molecule has 0 aliphatic rings. The van der Waals surface area contributed by atoms with E-state index in [1.165, 1.54) is 0 Å². The highest BCUT2D eigenvalue weighted by molar-refractivity contribution is 6.77. The molecular formula is C8H22O2Si2. The van der Waals surface area contributed by atoms with E-state index in [1.807, 2.05) is 6.92 Å². The van der Waals surface area contributed by atoms with Gasteiger partial charge in [-0.2, -0.15) is 0 Å². The molecule has 74 valence electrons. The molecule has 2 nitrogen and oxygen atoms in total. The minimum absolute atomic E-state index is 0.162. The van der Waals surface area contributed by atoms with E-state index < -0.39 is 17.4 Å². The predicted molar refractivity (Wildman–Crippen MR) is 58.5 cm³/mol. The summed E-state index contributed by atoms with van der Waals surface area (Å²) in [4.78, 5) is 0. The summed E-state index contributed by atoms with van der Waals surface area (Å²) >= 11 is 0. The van der Waals surface area contributed by atoms with Crippen LogP contribution in [0.15, 0.2) is 0 Å². The van der Waals surface area contributed by atoms with Gasteiger partial charge in [0.1, 0.15) is 0 Å². The van der Waals surface area contributed by atoms with Crippen molar-refractivity contribution in [2.75, 3.05) is 0 Å². The fourth-order valence-corrected chi connectivity index (χ4v) is 7.39. The molecule has 0 aliphatic heterocycles. The Morgan fingerprint density at radius 1 is 1.42 bits per heavy atom. The smallest absolute Gasteiger partial charge is 0.170 e. The molecule has 0 amide bonds. The van der Waals surface area contributed by atoms with Crippen molar-refractivity contribution < 1.29 is 9.22 Å². The maximum Gasteiger partial charge on any atom is 0.170 e. The minimum Gasteiger partial charge on any atom is -0.458 e. The number of aliphatic hydroxyl groups is 1. The largest absolute Gasteiger partial charge is 0.458 e. The molecule has 0 heterocycles. The van der Waals surface area contributed by atoms with Gasteiger partial charge >= 0.3 is 0 Å². The fraction of sp³-hybridized carbons (Fsp3) is 1.00. The van der Waals surface area contributed by atoms with Crippen LogP contribution >= 0.6 is 0 Å². The normalized spacial score (nSPS) is 17.5. The summed E-state index contributed by atoms with van der Waals surface area (Å²) < 4.78 is 5.95. The van der Waals surface area contributed by atoms with Crippen LogP contribution in [0.1, 0.15) is 13.3 Å². The van der Waals surface area contributed by atoms with Crippen molar-refractivity contribution in [2.24, 2.45) is 0 Å². The summed E-state index contributed by atoms with van der Waals surface area (Å²) in [6, 6.07) is 1.10. The Morgan fingerprint density at radius 3 is 2.25 bits per heavy atom. The zero-order valence-electron chi connectivity index (χ0n) is 8.92. The maximum absolute atomic E-state index is 9.08. The molecule has 0 saturated carbocycles. The molecule has 0 aromatic rings. The molecule has 0 fully saturated rings. The lowest BCUT2D eigenvalue weighted by Crippen LogP contribution is -2.33. The Labute approximate surface area is 78.8 Å². The lowest BCUT2D eigenvalue weighted by atomic mass is 10.3. The molecule has 0 aliphatic carbocycles. The van der Waals surface area contributed by atoms with Crippen LogP contribution in [-0.2, 0) is 4.12 Å². The topological polar surface area (TPSA) is 29.5 Å². The second-order valence-electron chi connectivity index (χ2n) is 4.47. The highest BCUT2D eigenvalue weighted by Gasteiger charge is 2.18. The van der Waals surface area contributed by atoms with Gasteiger partial charge < -0.3 is 9.22 Å². The SMILES string of the molecule is CC(O)CC[SiH](C)O[Si](C)(C)C. The average Bonchev–Trinajstić information content (AvgIpc) is 1.79. The molecule has 1 N–H and O–H groups in total. The van der Waals surface area contributed by atoms with Gasteiger partial charge in [-0.15, -0.1) is 0 Å². The third kappa shape index (κ3) is 8.45. The summed E-state index contributed by atoms with van der Waals surface area (Å²) in [5, 5.41) is 9.08. The first-order valence-electron chi connectivity index (χ1n) is 4.67. The van der Waals surface area contributed by atoms with Crippen LogP contribution in [0.4, 0.5) is 0 Å². The predicted octanol–water partition coefficient (Wildman–Crippen LogP) is 1.96. The van der Waals surface area contributed by atoms with Crippen LogP contribution in [0, 0.1) is 0 Å². The molecule has 0 radical (unpaired) electrons. The lowest BCUT2D eigenvalue weighted by Gasteiger charge is -2.23. The Bertz CT molecular complexity index is 121. The minimum atomic E-state index is -1.31. The number of hydrogen-bond donors (Lipinski definition) is 1. The summed E-state index contributed by atoms with van der Waals surface area (Å²) in [5.41, 5.74) is 0. The monoisotopic (exact) mass is 206 g/mol. The van der Waals surface area contributed by atoms with E-state index in [2.05, 4.69) is 26.2 Å². The van der Waals surface area contributed by atoms with E-state index in [4.69, 9.17) is 9.22 Å². The van der Waals surface area contributed by atoms with Crippen LogP contribution in [-0.4, -0.2) is 28.6 Å². The van der Waals surface area contributed by atoms with Crippen molar-refractivity contribution >= 4 is 17.4 Å². The van der Waals surface area contributed by atoms with Crippen molar-refractivity contribution in [1.29, 1.82) is 0 Å². The fourth-order valence-electron chi connectivity index (χ4n) is 1.14. The van der Waals surface area contributed by atoms with Gasteiger partial charge in [0.25, 0.3) is 0 Å². The first kappa shape index (κ1) is 12.4. The highest BCUT2D eigenvalue weighted by Crippen LogP contribution is 2.10. The Kier molecular flexibility index (Phi) is 5.32. The van der Waals surface area contributed by atoms with Gasteiger partial charge in [-0.3, -0.25) is 0 Å². The quantitative estimate of drug-likeness (QED) is 0.697. The second-order valence-corrected chi connectivity index (χ2v) is 11.8. The zero-order chi connectivity index (χ0) is 9.78. The summed E-state index contributed by atoms with van der Waals surface area (Å²) in [5.74, 6) is 0. The molecule has 0 saturated heterocycles. The van der Waals surface area contributed by atoms with Crippen LogP contribution in [0.2, 0.25) is 32.2 Å². The number of rotatable bonds is 5. The van der Waals surface area contributed by atoms with Crippen LogP contribution in [0.5, 0.6) is 0 Å². The van der Waals surface area contributed by atoms with Crippen molar-refractivity contribution in [2.45, 2.75) is 51.7 Å². The number of aliphatic hydroxyl groups excluding tert-OH is 1. The second kappa shape index (κ2) is 5.16. The van der Waals surface area contributed by atoms with Gasteiger partial charge in [-0.25, -0.2) is 0 Å². The molecular weight excluding hydrogens is 184 g/mol. The molecule has 4 heteroatoms. The average molecular weight is 206 g/mol. The van der Waals surface area contributed by atoms with Gasteiger partial charge in [0.2, 0.25) is 0 Å². The van der Waals surface area contributed by atoms with Crippen molar-refractivity contribution in [3.8, 4) is 0 Å². The number of hydrogen-bond acceptors (Lipinski definition) is 2. The van der Waals surface area contributed by atoms with Crippen molar-refractivity contribution in [3.05, 3.63) is 0 Å². The first-order chi connectivity index (χ1) is 5.31. The highest BCUT2D eigenvalue weighted by atomic mass is 28.4. The van der Waals surface area contributed by atoms with Crippen LogP contribution in [0.25, 0.3) is 0 Å². The van der Waals surface area contributed by atoms with Crippen molar-refractivity contribution in [3.63, 3.8) is 0 Å². The molecule has 0 rings (SSSR count). The summed E-state index contributed by atoms with van der Waals surface area (Å²) in [7, 11) is -2.29. The van der Waals surface area contributed by atoms with Gasteiger partial charge in [0.15, 0.2) is 17.4 Å². The summed E-state index contributed by atoms with van der Waals surface area (Å²) in [6.45, 7) is 10.7. The first-order valence-corrected chi connectivity index (χ1v) is 10.5. The lowest BCUT2D eigenvalue weighted by molar-refractivity contribution is 0.189. The molecule has 0 spiro atoms. The van der Waals surface area contributed by atoms with E-state index in [9.17, 15) is 0 Å². The van der Waals surface area contributed by atoms with E-state index in [0.717, 1.165) is 12.5 Å². The summed E-state index contributed by atoms with van der Waals surface area (Å²) in [6.07, 6.45) is 0.739.